The summed E-state index contributed by atoms with van der Waals surface area (Å²) in [6, 6.07) is 0. The van der Waals surface area contributed by atoms with Crippen molar-refractivity contribution in [3.63, 3.8) is 0 Å². The molecule has 78 valence electrons. The normalized spacial score (nSPS) is 26.2. The summed E-state index contributed by atoms with van der Waals surface area (Å²) in [4.78, 5) is 0. The first-order chi connectivity index (χ1) is 6.03. The van der Waals surface area contributed by atoms with Crippen LogP contribution in [0.1, 0.15) is 19.8 Å². The first-order valence-electron chi connectivity index (χ1n) is 4.49. The minimum atomic E-state index is -3.33. The molecule has 0 aromatic carbocycles. The molecular weight excluding hydrogens is 192 g/mol. The van der Waals surface area contributed by atoms with Crippen LogP contribution in [0.2, 0.25) is 0 Å². The highest BCUT2D eigenvalue weighted by molar-refractivity contribution is 7.86. The quantitative estimate of drug-likeness (QED) is 0.641. The molecule has 1 heterocycles. The van der Waals surface area contributed by atoms with Crippen molar-refractivity contribution in [3.05, 3.63) is 0 Å². The fourth-order valence-electron chi connectivity index (χ4n) is 1.55. The number of hydrogen-bond donors (Lipinski definition) is 0. The van der Waals surface area contributed by atoms with Crippen molar-refractivity contribution in [1.82, 2.24) is 0 Å². The highest BCUT2D eigenvalue weighted by Gasteiger charge is 2.27. The van der Waals surface area contributed by atoms with Gasteiger partial charge in [0.25, 0.3) is 10.1 Å². The van der Waals surface area contributed by atoms with Gasteiger partial charge in [0.05, 0.1) is 19.0 Å². The topological polar surface area (TPSA) is 52.6 Å². The lowest BCUT2D eigenvalue weighted by atomic mass is 10.0. The third-order valence-corrected chi connectivity index (χ3v) is 2.79. The van der Waals surface area contributed by atoms with Crippen molar-refractivity contribution in [2.75, 3.05) is 19.5 Å². The maximum Gasteiger partial charge on any atom is 0.264 e. The van der Waals surface area contributed by atoms with Crippen molar-refractivity contribution in [2.24, 2.45) is 5.92 Å². The summed E-state index contributed by atoms with van der Waals surface area (Å²) < 4.78 is 31.9. The molecule has 1 saturated heterocycles. The van der Waals surface area contributed by atoms with Crippen LogP contribution in [0.4, 0.5) is 0 Å². The van der Waals surface area contributed by atoms with Gasteiger partial charge in [-0.2, -0.15) is 8.42 Å². The van der Waals surface area contributed by atoms with E-state index >= 15 is 0 Å². The van der Waals surface area contributed by atoms with Gasteiger partial charge in [-0.3, -0.25) is 4.18 Å². The van der Waals surface area contributed by atoms with E-state index in [9.17, 15) is 8.42 Å². The second kappa shape index (κ2) is 4.39. The number of hydrogen-bond acceptors (Lipinski definition) is 4. The predicted octanol–water partition coefficient (Wildman–Crippen LogP) is 0.778. The molecule has 0 N–H and O–H groups in total. The highest BCUT2D eigenvalue weighted by Crippen LogP contribution is 2.22. The Bertz CT molecular complexity index is 241. The van der Waals surface area contributed by atoms with Crippen LogP contribution >= 0.6 is 0 Å². The van der Waals surface area contributed by atoms with E-state index in [1.54, 1.807) is 0 Å². The van der Waals surface area contributed by atoms with E-state index < -0.39 is 10.1 Å². The fraction of sp³-hybridized carbons (Fsp3) is 1.00. The average Bonchev–Trinajstić information content (AvgIpc) is 2.50. The molecule has 13 heavy (non-hydrogen) atoms. The molecule has 1 rings (SSSR count). The van der Waals surface area contributed by atoms with Gasteiger partial charge in [-0.15, -0.1) is 0 Å². The van der Waals surface area contributed by atoms with Crippen LogP contribution < -0.4 is 0 Å². The molecule has 2 atom stereocenters. The van der Waals surface area contributed by atoms with Crippen molar-refractivity contribution >= 4 is 10.1 Å². The third-order valence-electron chi connectivity index (χ3n) is 2.19. The van der Waals surface area contributed by atoms with Gasteiger partial charge in [0.15, 0.2) is 0 Å². The Morgan fingerprint density at radius 1 is 1.62 bits per heavy atom. The molecule has 1 fully saturated rings. The summed E-state index contributed by atoms with van der Waals surface area (Å²) >= 11 is 0. The Morgan fingerprint density at radius 3 is 2.69 bits per heavy atom. The largest absolute Gasteiger partial charge is 0.381 e. The van der Waals surface area contributed by atoms with Gasteiger partial charge >= 0.3 is 0 Å². The molecule has 0 aromatic rings. The first-order valence-corrected chi connectivity index (χ1v) is 6.30. The van der Waals surface area contributed by atoms with E-state index in [1.165, 1.54) is 0 Å². The second-order valence-corrected chi connectivity index (χ2v) is 4.97. The third kappa shape index (κ3) is 3.62. The average molecular weight is 208 g/mol. The van der Waals surface area contributed by atoms with Gasteiger partial charge in [0, 0.05) is 12.5 Å². The summed E-state index contributed by atoms with van der Waals surface area (Å²) in [6.45, 7) is 3.26. The van der Waals surface area contributed by atoms with Crippen LogP contribution in [-0.2, 0) is 19.0 Å². The molecule has 0 amide bonds. The zero-order valence-electron chi connectivity index (χ0n) is 8.02. The van der Waals surface area contributed by atoms with Crippen LogP contribution in [-0.4, -0.2) is 34.0 Å². The fourth-order valence-corrected chi connectivity index (χ4v) is 2.29. The van der Waals surface area contributed by atoms with Gasteiger partial charge in [-0.25, -0.2) is 0 Å². The summed E-state index contributed by atoms with van der Waals surface area (Å²) in [5.41, 5.74) is 0. The lowest BCUT2D eigenvalue weighted by Gasteiger charge is -2.19. The Labute approximate surface area is 79.3 Å². The van der Waals surface area contributed by atoms with Crippen molar-refractivity contribution in [2.45, 2.75) is 25.9 Å². The molecule has 1 aliphatic rings. The molecule has 0 bridgehead atoms. The standard InChI is InChI=1S/C8H16O4S/c1-3-8(12-13(2,9)10)7-4-5-11-6-7/h7-8H,3-6H2,1-2H3. The van der Waals surface area contributed by atoms with E-state index in [0.29, 0.717) is 19.6 Å². The van der Waals surface area contributed by atoms with E-state index in [4.69, 9.17) is 8.92 Å². The minimum Gasteiger partial charge on any atom is -0.381 e. The molecule has 1 aliphatic heterocycles. The van der Waals surface area contributed by atoms with Crippen molar-refractivity contribution in [3.8, 4) is 0 Å². The van der Waals surface area contributed by atoms with Gasteiger partial charge in [-0.1, -0.05) is 6.92 Å². The van der Waals surface area contributed by atoms with E-state index in [0.717, 1.165) is 12.7 Å². The molecule has 0 saturated carbocycles. The predicted molar refractivity (Wildman–Crippen MR) is 48.9 cm³/mol. The monoisotopic (exact) mass is 208 g/mol. The molecular formula is C8H16O4S. The summed E-state index contributed by atoms with van der Waals surface area (Å²) in [5.74, 6) is 0.236. The Kier molecular flexibility index (Phi) is 3.70. The molecule has 0 aromatic heterocycles. The SMILES string of the molecule is CCC(OS(C)(=O)=O)C1CCOC1. The number of rotatable bonds is 4. The maximum atomic E-state index is 10.9. The van der Waals surface area contributed by atoms with E-state index in [1.807, 2.05) is 6.92 Å². The second-order valence-electron chi connectivity index (χ2n) is 3.37. The van der Waals surface area contributed by atoms with Crippen LogP contribution in [0.5, 0.6) is 0 Å². The van der Waals surface area contributed by atoms with Gasteiger partial charge in [0.1, 0.15) is 0 Å². The van der Waals surface area contributed by atoms with E-state index in [2.05, 4.69) is 0 Å². The van der Waals surface area contributed by atoms with Crippen LogP contribution in [0.25, 0.3) is 0 Å². The van der Waals surface area contributed by atoms with Crippen molar-refractivity contribution in [1.29, 1.82) is 0 Å². The lowest BCUT2D eigenvalue weighted by molar-refractivity contribution is 0.114. The van der Waals surface area contributed by atoms with Gasteiger partial charge in [-0.05, 0) is 12.8 Å². The highest BCUT2D eigenvalue weighted by atomic mass is 32.2. The maximum absolute atomic E-state index is 10.9. The first kappa shape index (κ1) is 10.9. The lowest BCUT2D eigenvalue weighted by Crippen LogP contribution is -2.26. The zero-order valence-corrected chi connectivity index (χ0v) is 8.84. The molecule has 0 radical (unpaired) electrons. The molecule has 2 unspecified atom stereocenters. The molecule has 5 heteroatoms. The van der Waals surface area contributed by atoms with Crippen LogP contribution in [0, 0.1) is 5.92 Å². The van der Waals surface area contributed by atoms with E-state index in [-0.39, 0.29) is 12.0 Å². The minimum absolute atomic E-state index is 0.211. The van der Waals surface area contributed by atoms with Crippen LogP contribution in [0.15, 0.2) is 0 Å². The number of ether oxygens (including phenoxy) is 1. The van der Waals surface area contributed by atoms with Gasteiger partial charge < -0.3 is 4.74 Å². The van der Waals surface area contributed by atoms with Gasteiger partial charge in [0.2, 0.25) is 0 Å². The Morgan fingerprint density at radius 2 is 2.31 bits per heavy atom. The molecule has 0 aliphatic carbocycles. The smallest absolute Gasteiger partial charge is 0.264 e. The molecule has 0 spiro atoms. The van der Waals surface area contributed by atoms with Crippen molar-refractivity contribution < 1.29 is 17.3 Å². The molecule has 4 nitrogen and oxygen atoms in total. The Hall–Kier alpha value is -0.130. The summed E-state index contributed by atoms with van der Waals surface area (Å²) in [7, 11) is -3.33. The summed E-state index contributed by atoms with van der Waals surface area (Å²) in [5, 5.41) is 0. The summed E-state index contributed by atoms with van der Waals surface area (Å²) in [6.07, 6.45) is 2.48. The zero-order chi connectivity index (χ0) is 9.90. The van der Waals surface area contributed by atoms with Crippen LogP contribution in [0.3, 0.4) is 0 Å². The Balaban J connectivity index is 2.51.